The topological polar surface area (TPSA) is 146 Å². The maximum atomic E-state index is 12.8. The molecule has 2 aliphatic rings. The molecule has 0 aliphatic carbocycles. The molecule has 3 heterocycles. The number of aliphatic hydroxyl groups is 1. The first kappa shape index (κ1) is 33.6. The third kappa shape index (κ3) is 8.40. The van der Waals surface area contributed by atoms with E-state index in [1.54, 1.807) is 0 Å². The van der Waals surface area contributed by atoms with Gasteiger partial charge in [-0.2, -0.15) is 0 Å². The zero-order valence-corrected chi connectivity index (χ0v) is 27.1. The van der Waals surface area contributed by atoms with Gasteiger partial charge in [0.2, 0.25) is 5.91 Å². The molecule has 1 amide bonds. The quantitative estimate of drug-likeness (QED) is 0.135. The van der Waals surface area contributed by atoms with Crippen molar-refractivity contribution in [1.82, 2.24) is 14.5 Å². The maximum absolute atomic E-state index is 12.8. The van der Waals surface area contributed by atoms with Gasteiger partial charge in [0, 0.05) is 56.2 Å². The third-order valence-electron chi connectivity index (χ3n) is 9.38. The molecule has 0 unspecified atom stereocenters. The SMILES string of the molecule is O=C(O)CCCCCC(=O)Nc1ccc([C@H]2O[C@@H](CN3CCC(n4c(=O)[nH]c5ccccc54)CC3)C[C@@H](c3ccc(CO)cc3)O2)cc1. The molecule has 4 aromatic rings. The van der Waals surface area contributed by atoms with Gasteiger partial charge < -0.3 is 34.9 Å². The van der Waals surface area contributed by atoms with Crippen LogP contribution in [-0.4, -0.2) is 62.3 Å². The first-order valence-corrected chi connectivity index (χ1v) is 16.9. The number of nitrogens with one attached hydrogen (secondary N) is 2. The van der Waals surface area contributed by atoms with Crippen molar-refractivity contribution < 1.29 is 29.3 Å². The van der Waals surface area contributed by atoms with Crippen LogP contribution < -0.4 is 11.0 Å². The molecule has 3 atom stereocenters. The van der Waals surface area contributed by atoms with E-state index in [1.165, 1.54) is 0 Å². The zero-order chi connectivity index (χ0) is 33.5. The lowest BCUT2D eigenvalue weighted by atomic mass is 9.98. The van der Waals surface area contributed by atoms with Crippen LogP contribution in [0.2, 0.25) is 0 Å². The minimum absolute atomic E-state index is 0.0194. The highest BCUT2D eigenvalue weighted by Crippen LogP contribution is 2.39. The van der Waals surface area contributed by atoms with Crippen molar-refractivity contribution in [1.29, 1.82) is 0 Å². The number of H-pyrrole nitrogens is 1. The molecule has 11 nitrogen and oxygen atoms in total. The number of benzene rings is 3. The number of fused-ring (bicyclic) bond motifs is 1. The number of anilines is 1. The molecule has 3 aromatic carbocycles. The number of carboxylic acid groups (broad SMARTS) is 1. The van der Waals surface area contributed by atoms with Crippen molar-refractivity contribution in [3.05, 3.63) is 100.0 Å². The second-order valence-electron chi connectivity index (χ2n) is 12.8. The fourth-order valence-electron chi connectivity index (χ4n) is 6.80. The number of carbonyl (C=O) groups is 2. The molecule has 4 N–H and O–H groups in total. The molecule has 48 heavy (non-hydrogen) atoms. The highest BCUT2D eigenvalue weighted by molar-refractivity contribution is 5.90. The van der Waals surface area contributed by atoms with Crippen LogP contribution in [0.25, 0.3) is 11.0 Å². The first-order chi connectivity index (χ1) is 23.4. The summed E-state index contributed by atoms with van der Waals surface area (Å²) in [7, 11) is 0. The molecular weight excluding hydrogens is 612 g/mol. The third-order valence-corrected chi connectivity index (χ3v) is 9.38. The molecule has 0 bridgehead atoms. The minimum Gasteiger partial charge on any atom is -0.481 e. The highest BCUT2D eigenvalue weighted by atomic mass is 16.7. The number of unbranched alkanes of at least 4 members (excludes halogenated alkanes) is 2. The predicted octanol–water partition coefficient (Wildman–Crippen LogP) is 5.68. The molecule has 0 saturated carbocycles. The van der Waals surface area contributed by atoms with Gasteiger partial charge in [0.1, 0.15) is 0 Å². The number of amides is 1. The van der Waals surface area contributed by atoms with Crippen LogP contribution in [0.1, 0.15) is 86.5 Å². The number of aliphatic hydroxyl groups excluding tert-OH is 1. The minimum atomic E-state index is -0.816. The van der Waals surface area contributed by atoms with Crippen LogP contribution in [-0.2, 0) is 25.7 Å². The molecule has 2 saturated heterocycles. The smallest absolute Gasteiger partial charge is 0.326 e. The molecule has 254 valence electrons. The van der Waals surface area contributed by atoms with Gasteiger partial charge in [-0.15, -0.1) is 0 Å². The van der Waals surface area contributed by atoms with Crippen LogP contribution in [0.4, 0.5) is 5.69 Å². The van der Waals surface area contributed by atoms with Gasteiger partial charge in [-0.3, -0.25) is 14.2 Å². The summed E-state index contributed by atoms with van der Waals surface area (Å²) in [5.41, 5.74) is 5.15. The average molecular weight is 657 g/mol. The second kappa shape index (κ2) is 15.7. The first-order valence-electron chi connectivity index (χ1n) is 16.9. The number of aliphatic carboxylic acids is 1. The van der Waals surface area contributed by atoms with Crippen LogP contribution in [0.5, 0.6) is 0 Å². The standard InChI is InChI=1S/C37H44N4O7/c42-24-25-10-12-26(13-11-25)33-22-30(23-40-20-18-29(19-21-40)41-32-7-5-4-6-31(32)39-37(41)46)47-36(48-33)27-14-16-28(17-15-27)38-34(43)8-2-1-3-9-35(44)45/h4-7,10-17,29-30,33,36,42H,1-3,8-9,18-24H2,(H,38,43)(H,39,46)(H,44,45)/t30-,33+,36+/m1/s1. The normalized spacial score (nSPS) is 20.6. The number of rotatable bonds is 13. The summed E-state index contributed by atoms with van der Waals surface area (Å²) < 4.78 is 15.0. The lowest BCUT2D eigenvalue weighted by Crippen LogP contribution is -2.43. The summed E-state index contributed by atoms with van der Waals surface area (Å²) in [5.74, 6) is -0.920. The highest BCUT2D eigenvalue weighted by Gasteiger charge is 2.34. The molecule has 2 fully saturated rings. The van der Waals surface area contributed by atoms with E-state index in [0.717, 1.165) is 60.2 Å². The number of aromatic nitrogens is 2. The molecule has 0 radical (unpaired) electrons. The van der Waals surface area contributed by atoms with Gasteiger partial charge in [0.25, 0.3) is 0 Å². The van der Waals surface area contributed by atoms with Crippen LogP contribution in [0.3, 0.4) is 0 Å². The summed E-state index contributed by atoms with van der Waals surface area (Å²) in [4.78, 5) is 41.3. The lowest BCUT2D eigenvalue weighted by Gasteiger charge is -2.40. The maximum Gasteiger partial charge on any atom is 0.326 e. The van der Waals surface area contributed by atoms with Gasteiger partial charge in [-0.1, -0.05) is 55.0 Å². The number of carbonyl (C=O) groups excluding carboxylic acids is 1. The van der Waals surface area contributed by atoms with Crippen molar-refractivity contribution in [2.75, 3.05) is 25.0 Å². The Morgan fingerprint density at radius 3 is 2.31 bits per heavy atom. The van der Waals surface area contributed by atoms with Crippen molar-refractivity contribution in [3.63, 3.8) is 0 Å². The largest absolute Gasteiger partial charge is 0.481 e. The summed E-state index contributed by atoms with van der Waals surface area (Å²) in [5, 5.41) is 21.2. The van der Waals surface area contributed by atoms with Crippen molar-refractivity contribution in [3.8, 4) is 0 Å². The van der Waals surface area contributed by atoms with E-state index in [9.17, 15) is 19.5 Å². The Morgan fingerprint density at radius 1 is 0.875 bits per heavy atom. The summed E-state index contributed by atoms with van der Waals surface area (Å²) in [6.45, 7) is 2.42. The number of imidazole rings is 1. The summed E-state index contributed by atoms with van der Waals surface area (Å²) in [6, 6.07) is 23.3. The Hall–Kier alpha value is -4.29. The Morgan fingerprint density at radius 2 is 1.58 bits per heavy atom. The van der Waals surface area contributed by atoms with E-state index in [0.29, 0.717) is 37.8 Å². The average Bonchev–Trinajstić information content (AvgIpc) is 3.44. The molecule has 1 aromatic heterocycles. The monoisotopic (exact) mass is 656 g/mol. The van der Waals surface area contributed by atoms with E-state index < -0.39 is 12.3 Å². The molecule has 6 rings (SSSR count). The van der Waals surface area contributed by atoms with Gasteiger partial charge in [0.15, 0.2) is 6.29 Å². The second-order valence-corrected chi connectivity index (χ2v) is 12.8. The van der Waals surface area contributed by atoms with E-state index in [-0.39, 0.29) is 42.9 Å². The van der Waals surface area contributed by atoms with E-state index in [4.69, 9.17) is 14.6 Å². The number of piperidine rings is 1. The van der Waals surface area contributed by atoms with E-state index in [2.05, 4.69) is 15.2 Å². The number of hydrogen-bond acceptors (Lipinski definition) is 7. The predicted molar refractivity (Wildman–Crippen MR) is 181 cm³/mol. The fraction of sp³-hybridized carbons (Fsp3) is 0.432. The zero-order valence-electron chi connectivity index (χ0n) is 27.1. The summed E-state index contributed by atoms with van der Waals surface area (Å²) in [6.07, 6.45) is 3.88. The number of carboxylic acids is 1. The van der Waals surface area contributed by atoms with Crippen LogP contribution in [0.15, 0.2) is 77.6 Å². The van der Waals surface area contributed by atoms with Crippen molar-refractivity contribution in [2.45, 2.75) is 82.5 Å². The number of hydrogen-bond donors (Lipinski definition) is 4. The Bertz CT molecular complexity index is 1730. The van der Waals surface area contributed by atoms with Gasteiger partial charge in [0.05, 0.1) is 29.8 Å². The molecule has 0 spiro atoms. The summed E-state index contributed by atoms with van der Waals surface area (Å²) >= 11 is 0. The number of likely N-dealkylation sites (tertiary alicyclic amines) is 1. The fourth-order valence-corrected chi connectivity index (χ4v) is 6.80. The Kier molecular flexibility index (Phi) is 11.0. The van der Waals surface area contributed by atoms with Crippen LogP contribution >= 0.6 is 0 Å². The van der Waals surface area contributed by atoms with Gasteiger partial charge in [-0.05, 0) is 61.1 Å². The van der Waals surface area contributed by atoms with Crippen LogP contribution in [0, 0.1) is 0 Å². The van der Waals surface area contributed by atoms with E-state index >= 15 is 0 Å². The molecule has 2 aliphatic heterocycles. The number of ether oxygens (including phenoxy) is 2. The molecular formula is C37H44N4O7. The number of para-hydroxylation sites is 2. The van der Waals surface area contributed by atoms with Crippen molar-refractivity contribution >= 4 is 28.6 Å². The number of nitrogens with zero attached hydrogens (tertiary/aromatic N) is 2. The van der Waals surface area contributed by atoms with Gasteiger partial charge in [-0.25, -0.2) is 4.79 Å². The molecule has 11 heteroatoms. The van der Waals surface area contributed by atoms with Crippen molar-refractivity contribution in [2.24, 2.45) is 0 Å². The number of aromatic amines is 1. The van der Waals surface area contributed by atoms with Gasteiger partial charge >= 0.3 is 11.7 Å². The van der Waals surface area contributed by atoms with E-state index in [1.807, 2.05) is 77.4 Å². The Labute approximate surface area is 279 Å². The lowest BCUT2D eigenvalue weighted by molar-refractivity contribution is -0.253. The Balaban J connectivity index is 1.09.